The van der Waals surface area contributed by atoms with Crippen LogP contribution in [0.4, 0.5) is 22.0 Å². The Labute approximate surface area is 200 Å². The molecule has 0 radical (unpaired) electrons. The number of hydrogen-bond acceptors (Lipinski definition) is 9. The number of methoxy groups -OCH3 is 1. The molecule has 1 aliphatic rings. The third-order valence-electron chi connectivity index (χ3n) is 5.46. The summed E-state index contributed by atoms with van der Waals surface area (Å²) >= 11 is 0. The summed E-state index contributed by atoms with van der Waals surface area (Å²) in [6.07, 6.45) is 1.36. The van der Waals surface area contributed by atoms with Crippen molar-refractivity contribution in [3.05, 3.63) is 60.5 Å². The zero-order valence-corrected chi connectivity index (χ0v) is 18.9. The van der Waals surface area contributed by atoms with Gasteiger partial charge in [-0.1, -0.05) is 0 Å². The van der Waals surface area contributed by atoms with E-state index in [9.17, 15) is 9.59 Å². The van der Waals surface area contributed by atoms with Crippen LogP contribution < -0.4 is 15.5 Å². The lowest BCUT2D eigenvalue weighted by atomic mass is 10.2. The molecule has 2 aromatic heterocycles. The summed E-state index contributed by atoms with van der Waals surface area (Å²) in [4.78, 5) is 39.5. The van der Waals surface area contributed by atoms with Crippen LogP contribution in [0.5, 0.6) is 0 Å². The van der Waals surface area contributed by atoms with E-state index in [4.69, 9.17) is 14.1 Å². The molecule has 1 aliphatic heterocycles. The first-order chi connectivity index (χ1) is 17.1. The molecule has 0 bridgehead atoms. The van der Waals surface area contributed by atoms with Gasteiger partial charge in [0.2, 0.25) is 0 Å². The van der Waals surface area contributed by atoms with E-state index in [1.54, 1.807) is 36.4 Å². The minimum atomic E-state index is -0.440. The summed E-state index contributed by atoms with van der Waals surface area (Å²) in [6, 6.07) is 13.1. The number of urea groups is 1. The van der Waals surface area contributed by atoms with Gasteiger partial charge < -0.3 is 29.4 Å². The van der Waals surface area contributed by atoms with Crippen LogP contribution in [0.15, 0.2) is 59.3 Å². The highest BCUT2D eigenvalue weighted by Gasteiger charge is 2.20. The Morgan fingerprint density at radius 2 is 1.60 bits per heavy atom. The molecule has 2 N–H and O–H groups in total. The number of nitrogens with zero attached hydrogens (tertiary/aromatic N) is 4. The van der Waals surface area contributed by atoms with Gasteiger partial charge in [-0.05, 0) is 48.5 Å². The average Bonchev–Trinajstić information content (AvgIpc) is 3.38. The van der Waals surface area contributed by atoms with Crippen LogP contribution in [0.3, 0.4) is 0 Å². The van der Waals surface area contributed by atoms with Crippen molar-refractivity contribution in [3.63, 3.8) is 0 Å². The highest BCUT2D eigenvalue weighted by Crippen LogP contribution is 2.28. The molecule has 11 nitrogen and oxygen atoms in total. The lowest BCUT2D eigenvalue weighted by Gasteiger charge is -2.27. The minimum Gasteiger partial charge on any atom is -0.465 e. The molecule has 11 heteroatoms. The first-order valence-corrected chi connectivity index (χ1v) is 10.9. The van der Waals surface area contributed by atoms with E-state index in [0.717, 1.165) is 5.56 Å². The molecule has 4 aromatic rings. The predicted molar refractivity (Wildman–Crippen MR) is 128 cm³/mol. The SMILES string of the molecule is COC(=O)c1ccc(NC(=O)Nc2ccc(-c3nc(N4CCOCC4)c4ncoc4n3)cc2)cc1. The van der Waals surface area contributed by atoms with Crippen molar-refractivity contribution < 1.29 is 23.5 Å². The van der Waals surface area contributed by atoms with Crippen LogP contribution in [-0.2, 0) is 9.47 Å². The second-order valence-electron chi connectivity index (χ2n) is 7.70. The molecule has 0 aliphatic carbocycles. The number of hydrogen-bond donors (Lipinski definition) is 2. The van der Waals surface area contributed by atoms with Crippen LogP contribution in [-0.4, -0.2) is 60.4 Å². The number of ether oxygens (including phenoxy) is 2. The molecule has 35 heavy (non-hydrogen) atoms. The number of benzene rings is 2. The number of amides is 2. The summed E-state index contributed by atoms with van der Waals surface area (Å²) in [7, 11) is 1.31. The second-order valence-corrected chi connectivity index (χ2v) is 7.70. The standard InChI is InChI=1S/C24H22N6O5/c1-33-23(31)16-4-8-18(9-5-16)27-24(32)26-17-6-2-15(3-7-17)20-28-21(30-10-12-34-13-11-30)19-22(29-20)35-14-25-19/h2-9,14H,10-13H2,1H3,(H2,26,27,32). The Bertz CT molecular complexity index is 1350. The molecule has 0 unspecified atom stereocenters. The van der Waals surface area contributed by atoms with Gasteiger partial charge in [-0.2, -0.15) is 4.98 Å². The Morgan fingerprint density at radius 3 is 2.26 bits per heavy atom. The van der Waals surface area contributed by atoms with Crippen molar-refractivity contribution >= 4 is 40.4 Å². The molecule has 2 aromatic carbocycles. The Hall–Kier alpha value is -4.51. The number of esters is 1. The van der Waals surface area contributed by atoms with Crippen molar-refractivity contribution in [3.8, 4) is 11.4 Å². The zero-order valence-electron chi connectivity index (χ0n) is 18.9. The fourth-order valence-electron chi connectivity index (χ4n) is 3.68. The van der Waals surface area contributed by atoms with E-state index < -0.39 is 12.0 Å². The van der Waals surface area contributed by atoms with Crippen molar-refractivity contribution in [2.24, 2.45) is 0 Å². The van der Waals surface area contributed by atoms with Gasteiger partial charge in [0, 0.05) is 30.0 Å². The molecule has 0 atom stereocenters. The molecule has 0 saturated carbocycles. The van der Waals surface area contributed by atoms with Gasteiger partial charge in [-0.25, -0.2) is 19.6 Å². The number of aromatic nitrogens is 3. The monoisotopic (exact) mass is 474 g/mol. The smallest absolute Gasteiger partial charge is 0.337 e. The second kappa shape index (κ2) is 9.77. The average molecular weight is 474 g/mol. The number of nitrogens with one attached hydrogen (secondary N) is 2. The van der Waals surface area contributed by atoms with Crippen molar-refractivity contribution in [1.82, 2.24) is 15.0 Å². The van der Waals surface area contributed by atoms with E-state index in [-0.39, 0.29) is 0 Å². The first kappa shape index (κ1) is 22.3. The lowest BCUT2D eigenvalue weighted by Crippen LogP contribution is -2.37. The summed E-state index contributed by atoms with van der Waals surface area (Å²) in [5, 5.41) is 5.49. The Balaban J connectivity index is 1.29. The predicted octanol–water partition coefficient (Wildman–Crippen LogP) is 3.55. The number of carbonyl (C=O) groups is 2. The third-order valence-corrected chi connectivity index (χ3v) is 5.46. The summed E-state index contributed by atoms with van der Waals surface area (Å²) in [5.74, 6) is 0.767. The van der Waals surface area contributed by atoms with E-state index in [1.807, 2.05) is 12.1 Å². The highest BCUT2D eigenvalue weighted by molar-refractivity contribution is 6.00. The number of anilines is 3. The molecule has 0 spiro atoms. The molecule has 2 amide bonds. The van der Waals surface area contributed by atoms with Crippen LogP contribution in [0, 0.1) is 0 Å². The van der Waals surface area contributed by atoms with Crippen molar-refractivity contribution in [1.29, 1.82) is 0 Å². The molecule has 1 fully saturated rings. The highest BCUT2D eigenvalue weighted by atomic mass is 16.5. The topological polar surface area (TPSA) is 132 Å². The van der Waals surface area contributed by atoms with E-state index in [1.165, 1.54) is 13.5 Å². The van der Waals surface area contributed by atoms with Crippen LogP contribution in [0.1, 0.15) is 10.4 Å². The third kappa shape index (κ3) is 4.89. The van der Waals surface area contributed by atoms with Crippen molar-refractivity contribution in [2.75, 3.05) is 48.9 Å². The quantitative estimate of drug-likeness (QED) is 0.417. The Morgan fingerprint density at radius 1 is 0.943 bits per heavy atom. The zero-order chi connectivity index (χ0) is 24.2. The molecule has 1 saturated heterocycles. The number of carbonyl (C=O) groups excluding carboxylic acids is 2. The number of fused-ring (bicyclic) bond motifs is 1. The van der Waals surface area contributed by atoms with E-state index >= 15 is 0 Å². The van der Waals surface area contributed by atoms with Crippen LogP contribution in [0.25, 0.3) is 22.6 Å². The van der Waals surface area contributed by atoms with E-state index in [2.05, 4.69) is 30.2 Å². The molecule has 178 valence electrons. The molecular weight excluding hydrogens is 452 g/mol. The van der Waals surface area contributed by atoms with Gasteiger partial charge in [0.1, 0.15) is 0 Å². The normalized spacial score (nSPS) is 13.5. The van der Waals surface area contributed by atoms with Gasteiger partial charge >= 0.3 is 12.0 Å². The van der Waals surface area contributed by atoms with Crippen LogP contribution >= 0.6 is 0 Å². The largest absolute Gasteiger partial charge is 0.465 e. The number of rotatable bonds is 5. The lowest BCUT2D eigenvalue weighted by molar-refractivity contribution is 0.0600. The fourth-order valence-corrected chi connectivity index (χ4v) is 3.68. The van der Waals surface area contributed by atoms with Gasteiger partial charge in [0.05, 0.1) is 25.9 Å². The summed E-state index contributed by atoms with van der Waals surface area (Å²) < 4.78 is 15.6. The van der Waals surface area contributed by atoms with Gasteiger partial charge in [0.15, 0.2) is 23.6 Å². The maximum Gasteiger partial charge on any atom is 0.337 e. The van der Waals surface area contributed by atoms with Gasteiger partial charge in [-0.15, -0.1) is 0 Å². The maximum atomic E-state index is 12.4. The summed E-state index contributed by atoms with van der Waals surface area (Å²) in [6.45, 7) is 2.66. The number of oxazole rings is 1. The fraction of sp³-hybridized carbons (Fsp3) is 0.208. The minimum absolute atomic E-state index is 0.400. The summed E-state index contributed by atoms with van der Waals surface area (Å²) in [5.41, 5.74) is 3.32. The van der Waals surface area contributed by atoms with Gasteiger partial charge in [-0.3, -0.25) is 0 Å². The molecule has 5 rings (SSSR count). The Kier molecular flexibility index (Phi) is 6.22. The number of morpholine rings is 1. The van der Waals surface area contributed by atoms with Crippen LogP contribution in [0.2, 0.25) is 0 Å². The maximum absolute atomic E-state index is 12.4. The molecule has 3 heterocycles. The first-order valence-electron chi connectivity index (χ1n) is 10.9. The molecular formula is C24H22N6O5. The van der Waals surface area contributed by atoms with Crippen molar-refractivity contribution in [2.45, 2.75) is 0 Å². The van der Waals surface area contributed by atoms with E-state index in [0.29, 0.717) is 66.1 Å². The van der Waals surface area contributed by atoms with Gasteiger partial charge in [0.25, 0.3) is 5.71 Å².